The first-order valence-corrected chi connectivity index (χ1v) is 11.7. The summed E-state index contributed by atoms with van der Waals surface area (Å²) in [6.07, 6.45) is 1.29. The van der Waals surface area contributed by atoms with E-state index in [9.17, 15) is 18.0 Å². The average molecular weight is 455 g/mol. The predicted molar refractivity (Wildman–Crippen MR) is 114 cm³/mol. The first kappa shape index (κ1) is 21.3. The van der Waals surface area contributed by atoms with Crippen LogP contribution in [-0.2, 0) is 14.8 Å². The Morgan fingerprint density at radius 1 is 1.31 bits per heavy atom. The van der Waals surface area contributed by atoms with Crippen molar-refractivity contribution in [3.8, 4) is 0 Å². The number of halogens is 1. The van der Waals surface area contributed by atoms with Gasteiger partial charge in [0.2, 0.25) is 5.91 Å². The number of rotatable bonds is 6. The maximum absolute atomic E-state index is 12.4. The molecule has 1 aromatic carbocycles. The number of sulfonamides is 1. The summed E-state index contributed by atoms with van der Waals surface area (Å²) in [6, 6.07) is 9.93. The first-order valence-electron chi connectivity index (χ1n) is 8.62. The molecule has 1 aromatic heterocycles. The van der Waals surface area contributed by atoms with Gasteiger partial charge >= 0.3 is 0 Å². The molecule has 0 bridgehead atoms. The van der Waals surface area contributed by atoms with Crippen LogP contribution in [0.1, 0.15) is 21.7 Å². The molecule has 1 aliphatic heterocycles. The number of amidine groups is 1. The molecule has 11 heteroatoms. The summed E-state index contributed by atoms with van der Waals surface area (Å²) < 4.78 is 26.4. The van der Waals surface area contributed by atoms with E-state index in [4.69, 9.17) is 17.3 Å². The Hall–Kier alpha value is -2.43. The molecule has 2 amide bonds. The zero-order valence-electron chi connectivity index (χ0n) is 15.5. The molecule has 1 atom stereocenters. The Balaban J connectivity index is 1.61. The highest BCUT2D eigenvalue weighted by Gasteiger charge is 2.31. The van der Waals surface area contributed by atoms with Gasteiger partial charge in [-0.3, -0.25) is 9.59 Å². The normalized spacial score (nSPS) is 17.6. The fraction of sp³-hybridized carbons (Fsp3) is 0.278. The first-order chi connectivity index (χ1) is 13.6. The van der Waals surface area contributed by atoms with Crippen LogP contribution < -0.4 is 16.0 Å². The number of thiophene rings is 1. The second-order valence-corrected chi connectivity index (χ2v) is 10.0. The molecule has 3 rings (SSSR count). The van der Waals surface area contributed by atoms with Crippen LogP contribution in [0.5, 0.6) is 0 Å². The highest BCUT2D eigenvalue weighted by Crippen LogP contribution is 2.26. The van der Waals surface area contributed by atoms with Gasteiger partial charge in [-0.2, -0.15) is 0 Å². The lowest BCUT2D eigenvalue weighted by atomic mass is 10.1. The van der Waals surface area contributed by atoms with Crippen LogP contribution in [0.3, 0.4) is 0 Å². The summed E-state index contributed by atoms with van der Waals surface area (Å²) in [5, 5.41) is 2.84. The van der Waals surface area contributed by atoms with Crippen molar-refractivity contribution in [1.29, 1.82) is 0 Å². The van der Waals surface area contributed by atoms with Gasteiger partial charge in [0.15, 0.2) is 0 Å². The molecule has 0 radical (unpaired) electrons. The number of carbonyl (C=O) groups excluding carboxylic acids is 2. The third-order valence-electron chi connectivity index (χ3n) is 4.29. The van der Waals surface area contributed by atoms with Gasteiger partial charge in [-0.1, -0.05) is 11.6 Å². The second kappa shape index (κ2) is 8.52. The Morgan fingerprint density at radius 2 is 2.00 bits per heavy atom. The van der Waals surface area contributed by atoms with Crippen LogP contribution in [-0.4, -0.2) is 45.4 Å². The number of benzene rings is 1. The van der Waals surface area contributed by atoms with Crippen molar-refractivity contribution >= 4 is 56.3 Å². The minimum absolute atomic E-state index is 0.0153. The van der Waals surface area contributed by atoms with Gasteiger partial charge in [0, 0.05) is 36.7 Å². The van der Waals surface area contributed by atoms with E-state index in [1.54, 1.807) is 41.3 Å². The fourth-order valence-electron chi connectivity index (χ4n) is 2.97. The number of amides is 2. The minimum Gasteiger partial charge on any atom is -0.383 e. The molecule has 0 spiro atoms. The van der Waals surface area contributed by atoms with E-state index in [0.29, 0.717) is 40.0 Å². The highest BCUT2D eigenvalue weighted by molar-refractivity contribution is 7.89. The third kappa shape index (κ3) is 5.55. The van der Waals surface area contributed by atoms with Crippen molar-refractivity contribution in [2.24, 2.45) is 16.0 Å². The van der Waals surface area contributed by atoms with Gasteiger partial charge in [0.05, 0.1) is 15.5 Å². The van der Waals surface area contributed by atoms with Crippen LogP contribution in [0, 0.1) is 5.92 Å². The summed E-state index contributed by atoms with van der Waals surface area (Å²) in [5.41, 5.74) is 6.81. The van der Waals surface area contributed by atoms with Crippen molar-refractivity contribution in [3.63, 3.8) is 0 Å². The van der Waals surface area contributed by atoms with Gasteiger partial charge in [-0.25, -0.2) is 8.42 Å². The van der Waals surface area contributed by atoms with Crippen molar-refractivity contribution in [1.82, 2.24) is 5.32 Å². The van der Waals surface area contributed by atoms with Gasteiger partial charge < -0.3 is 16.0 Å². The molecule has 154 valence electrons. The Kier molecular flexibility index (Phi) is 6.25. The molecule has 0 saturated carbocycles. The van der Waals surface area contributed by atoms with E-state index in [-0.39, 0.29) is 23.6 Å². The minimum atomic E-state index is -3.59. The molecule has 1 unspecified atom stereocenters. The van der Waals surface area contributed by atoms with Gasteiger partial charge in [0.25, 0.3) is 15.9 Å². The smallest absolute Gasteiger partial charge is 0.261 e. The molecule has 1 fully saturated rings. The Labute approximate surface area is 177 Å². The number of nitrogens with two attached hydrogens (primary N) is 1. The molecule has 3 N–H and O–H groups in total. The van der Waals surface area contributed by atoms with E-state index in [1.165, 1.54) is 11.3 Å². The number of hydrogen-bond donors (Lipinski definition) is 2. The highest BCUT2D eigenvalue weighted by atomic mass is 35.5. The van der Waals surface area contributed by atoms with Crippen LogP contribution in [0.4, 0.5) is 5.69 Å². The monoisotopic (exact) mass is 454 g/mol. The topological polar surface area (TPSA) is 122 Å². The lowest BCUT2D eigenvalue weighted by Gasteiger charge is -2.17. The zero-order chi connectivity index (χ0) is 21.2. The molecule has 1 aliphatic rings. The molecule has 8 nitrogen and oxygen atoms in total. The lowest BCUT2D eigenvalue weighted by molar-refractivity contribution is -0.117. The standard InChI is InChI=1S/C18H19ClN4O4S2/c1-29(26,27)22-17(20)12-2-4-13(5-3-12)23-10-11(8-16(23)24)9-21-18(25)14-6-7-15(19)28-14/h2-7,11H,8-10H2,1H3,(H2,20,22)(H,21,25). The van der Waals surface area contributed by atoms with Crippen molar-refractivity contribution < 1.29 is 18.0 Å². The van der Waals surface area contributed by atoms with Gasteiger partial charge in [0.1, 0.15) is 5.84 Å². The Bertz CT molecular complexity index is 1060. The number of nitrogens with zero attached hydrogens (tertiary/aromatic N) is 2. The van der Waals surface area contributed by atoms with E-state index >= 15 is 0 Å². The molecule has 29 heavy (non-hydrogen) atoms. The number of carbonyl (C=O) groups is 2. The summed E-state index contributed by atoms with van der Waals surface area (Å²) in [4.78, 5) is 26.7. The summed E-state index contributed by atoms with van der Waals surface area (Å²) in [5.74, 6) is -0.383. The van der Waals surface area contributed by atoms with Gasteiger partial charge in [-0.05, 0) is 36.4 Å². The molecular formula is C18H19ClN4O4S2. The Morgan fingerprint density at radius 3 is 2.59 bits per heavy atom. The SMILES string of the molecule is CS(=O)(=O)/N=C(\N)c1ccc(N2CC(CNC(=O)c3ccc(Cl)s3)CC2=O)cc1. The largest absolute Gasteiger partial charge is 0.383 e. The fourth-order valence-corrected chi connectivity index (χ4v) is 4.39. The van der Waals surface area contributed by atoms with Crippen LogP contribution in [0.2, 0.25) is 4.34 Å². The molecule has 2 heterocycles. The van der Waals surface area contributed by atoms with Gasteiger partial charge in [-0.15, -0.1) is 15.7 Å². The van der Waals surface area contributed by atoms with Crippen molar-refractivity contribution in [2.45, 2.75) is 6.42 Å². The van der Waals surface area contributed by atoms with E-state index in [1.807, 2.05) is 0 Å². The van der Waals surface area contributed by atoms with E-state index < -0.39 is 10.0 Å². The average Bonchev–Trinajstić information content (AvgIpc) is 3.24. The third-order valence-corrected chi connectivity index (χ3v) is 6.05. The number of anilines is 1. The maximum atomic E-state index is 12.4. The van der Waals surface area contributed by atoms with Crippen molar-refractivity contribution in [2.75, 3.05) is 24.2 Å². The number of hydrogen-bond acceptors (Lipinski definition) is 5. The predicted octanol–water partition coefficient (Wildman–Crippen LogP) is 1.85. The summed E-state index contributed by atoms with van der Waals surface area (Å²) in [6.45, 7) is 0.846. The van der Waals surface area contributed by atoms with E-state index in [0.717, 1.165) is 6.26 Å². The van der Waals surface area contributed by atoms with Crippen LogP contribution in [0.15, 0.2) is 40.8 Å². The maximum Gasteiger partial charge on any atom is 0.261 e. The molecule has 1 saturated heterocycles. The molecular weight excluding hydrogens is 436 g/mol. The van der Waals surface area contributed by atoms with Crippen LogP contribution in [0.25, 0.3) is 0 Å². The van der Waals surface area contributed by atoms with E-state index in [2.05, 4.69) is 9.71 Å². The second-order valence-electron chi connectivity index (χ2n) is 6.64. The van der Waals surface area contributed by atoms with Crippen LogP contribution >= 0.6 is 22.9 Å². The quantitative estimate of drug-likeness (QED) is 0.509. The lowest BCUT2D eigenvalue weighted by Crippen LogP contribution is -2.30. The molecule has 0 aliphatic carbocycles. The summed E-state index contributed by atoms with van der Waals surface area (Å²) >= 11 is 7.04. The number of nitrogens with one attached hydrogen (secondary N) is 1. The summed E-state index contributed by atoms with van der Waals surface area (Å²) in [7, 11) is -3.59. The van der Waals surface area contributed by atoms with Crippen molar-refractivity contribution in [3.05, 3.63) is 51.2 Å². The zero-order valence-corrected chi connectivity index (χ0v) is 17.9. The molecule has 2 aromatic rings.